The Labute approximate surface area is 163 Å². The molecule has 1 saturated heterocycles. The SMILES string of the molecule is FC(F)n1ccnc1CN1CCN(c2cncc(OCC3CCCC3)n2)CC1. The van der Waals surface area contributed by atoms with E-state index in [1.54, 1.807) is 12.4 Å². The quantitative estimate of drug-likeness (QED) is 0.722. The van der Waals surface area contributed by atoms with Crippen LogP contribution in [0.2, 0.25) is 0 Å². The molecule has 3 heterocycles. The van der Waals surface area contributed by atoms with Crippen molar-refractivity contribution < 1.29 is 13.5 Å². The van der Waals surface area contributed by atoms with Gasteiger partial charge < -0.3 is 9.64 Å². The van der Waals surface area contributed by atoms with E-state index in [2.05, 4.69) is 24.8 Å². The van der Waals surface area contributed by atoms with Crippen molar-refractivity contribution in [3.05, 3.63) is 30.6 Å². The first-order chi connectivity index (χ1) is 13.7. The van der Waals surface area contributed by atoms with Gasteiger partial charge in [-0.1, -0.05) is 12.8 Å². The van der Waals surface area contributed by atoms with Gasteiger partial charge >= 0.3 is 6.55 Å². The molecule has 0 radical (unpaired) electrons. The van der Waals surface area contributed by atoms with Crippen LogP contribution in [0.3, 0.4) is 0 Å². The maximum absolute atomic E-state index is 13.0. The molecule has 2 fully saturated rings. The Morgan fingerprint density at radius 1 is 1.11 bits per heavy atom. The lowest BCUT2D eigenvalue weighted by Gasteiger charge is -2.35. The van der Waals surface area contributed by atoms with E-state index >= 15 is 0 Å². The summed E-state index contributed by atoms with van der Waals surface area (Å²) in [5.74, 6) is 2.41. The van der Waals surface area contributed by atoms with Gasteiger partial charge in [-0.15, -0.1) is 0 Å². The van der Waals surface area contributed by atoms with Crippen molar-refractivity contribution in [3.8, 4) is 5.88 Å². The van der Waals surface area contributed by atoms with Gasteiger partial charge in [-0.25, -0.2) is 4.98 Å². The van der Waals surface area contributed by atoms with Gasteiger partial charge in [0.15, 0.2) is 5.82 Å². The van der Waals surface area contributed by atoms with Crippen LogP contribution >= 0.6 is 0 Å². The van der Waals surface area contributed by atoms with E-state index in [1.807, 2.05) is 0 Å². The lowest BCUT2D eigenvalue weighted by molar-refractivity contribution is 0.0636. The number of imidazole rings is 1. The van der Waals surface area contributed by atoms with Crippen molar-refractivity contribution >= 4 is 5.82 Å². The lowest BCUT2D eigenvalue weighted by atomic mass is 10.1. The second-order valence-electron chi connectivity index (χ2n) is 7.47. The van der Waals surface area contributed by atoms with Crippen molar-refractivity contribution in [1.29, 1.82) is 0 Å². The predicted octanol–water partition coefficient (Wildman–Crippen LogP) is 2.96. The molecule has 1 aliphatic heterocycles. The van der Waals surface area contributed by atoms with Gasteiger partial charge in [-0.05, 0) is 18.8 Å². The Kier molecular flexibility index (Phi) is 5.99. The maximum atomic E-state index is 13.0. The molecule has 0 bridgehead atoms. The molecular weight excluding hydrogens is 366 g/mol. The molecule has 0 N–H and O–H groups in total. The first-order valence-electron chi connectivity index (χ1n) is 9.91. The fourth-order valence-corrected chi connectivity index (χ4v) is 3.92. The molecule has 0 amide bonds. The van der Waals surface area contributed by atoms with E-state index in [4.69, 9.17) is 4.74 Å². The number of piperazine rings is 1. The minimum absolute atomic E-state index is 0.394. The van der Waals surface area contributed by atoms with Gasteiger partial charge in [-0.3, -0.25) is 14.5 Å². The summed E-state index contributed by atoms with van der Waals surface area (Å²) in [7, 11) is 0. The van der Waals surface area contributed by atoms with E-state index in [0.29, 0.717) is 30.8 Å². The standard InChI is InChI=1S/C19H26F2N6O/c20-19(21)27-6-5-23-17(27)13-25-7-9-26(10-8-25)16-11-22-12-18(24-16)28-14-15-3-1-2-4-15/h5-6,11-12,15,19H,1-4,7-10,13-14H2. The van der Waals surface area contributed by atoms with E-state index in [1.165, 1.54) is 38.1 Å². The second-order valence-corrected chi connectivity index (χ2v) is 7.47. The summed E-state index contributed by atoms with van der Waals surface area (Å²) < 4.78 is 32.7. The number of halogens is 2. The number of aromatic nitrogens is 4. The molecule has 7 nitrogen and oxygen atoms in total. The van der Waals surface area contributed by atoms with E-state index < -0.39 is 6.55 Å². The van der Waals surface area contributed by atoms with Gasteiger partial charge in [0.05, 0.1) is 25.5 Å². The highest BCUT2D eigenvalue weighted by Crippen LogP contribution is 2.25. The number of ether oxygens (including phenoxy) is 1. The molecule has 0 atom stereocenters. The number of rotatable bonds is 7. The van der Waals surface area contributed by atoms with Crippen LogP contribution in [0.25, 0.3) is 0 Å². The predicted molar refractivity (Wildman–Crippen MR) is 100 cm³/mol. The molecule has 0 aromatic carbocycles. The molecule has 0 unspecified atom stereocenters. The zero-order valence-electron chi connectivity index (χ0n) is 15.9. The first-order valence-corrected chi connectivity index (χ1v) is 9.91. The van der Waals surface area contributed by atoms with Gasteiger partial charge in [-0.2, -0.15) is 13.8 Å². The molecule has 1 aliphatic carbocycles. The third-order valence-corrected chi connectivity index (χ3v) is 5.56. The molecule has 4 rings (SSSR count). The summed E-state index contributed by atoms with van der Waals surface area (Å²) in [4.78, 5) is 17.2. The minimum atomic E-state index is -2.55. The van der Waals surface area contributed by atoms with Crippen LogP contribution in [-0.2, 0) is 6.54 Å². The Morgan fingerprint density at radius 2 is 1.89 bits per heavy atom. The summed E-state index contributed by atoms with van der Waals surface area (Å²) >= 11 is 0. The highest BCUT2D eigenvalue weighted by molar-refractivity contribution is 5.38. The molecule has 2 aromatic heterocycles. The maximum Gasteiger partial charge on any atom is 0.319 e. The third-order valence-electron chi connectivity index (χ3n) is 5.56. The van der Waals surface area contributed by atoms with Crippen molar-refractivity contribution in [3.63, 3.8) is 0 Å². The van der Waals surface area contributed by atoms with Gasteiger partial charge in [0.1, 0.15) is 5.82 Å². The van der Waals surface area contributed by atoms with Crippen LogP contribution in [0.4, 0.5) is 14.6 Å². The van der Waals surface area contributed by atoms with E-state index in [0.717, 1.165) is 36.6 Å². The summed E-state index contributed by atoms with van der Waals surface area (Å²) in [5.41, 5.74) is 0. The summed E-state index contributed by atoms with van der Waals surface area (Å²) in [6.07, 6.45) is 11.2. The average molecular weight is 392 g/mol. The first kappa shape index (κ1) is 19.0. The minimum Gasteiger partial charge on any atom is -0.476 e. The molecular formula is C19H26F2N6O. The van der Waals surface area contributed by atoms with Crippen LogP contribution in [0.1, 0.15) is 38.1 Å². The zero-order chi connectivity index (χ0) is 19.3. The molecule has 0 spiro atoms. The van der Waals surface area contributed by atoms with E-state index in [-0.39, 0.29) is 0 Å². The van der Waals surface area contributed by atoms with E-state index in [9.17, 15) is 8.78 Å². The Morgan fingerprint density at radius 3 is 2.64 bits per heavy atom. The van der Waals surface area contributed by atoms with Gasteiger partial charge in [0.2, 0.25) is 5.88 Å². The van der Waals surface area contributed by atoms with Crippen molar-refractivity contribution in [2.75, 3.05) is 37.7 Å². The fraction of sp³-hybridized carbons (Fsp3) is 0.632. The van der Waals surface area contributed by atoms with Gasteiger partial charge in [0.25, 0.3) is 0 Å². The fourth-order valence-electron chi connectivity index (χ4n) is 3.92. The molecule has 9 heteroatoms. The Bertz CT molecular complexity index is 756. The van der Waals surface area contributed by atoms with Crippen LogP contribution in [0, 0.1) is 5.92 Å². The second kappa shape index (κ2) is 8.81. The Balaban J connectivity index is 1.29. The van der Waals surface area contributed by atoms with Crippen molar-refractivity contribution in [1.82, 2.24) is 24.4 Å². The Hall–Kier alpha value is -2.29. The van der Waals surface area contributed by atoms with Crippen LogP contribution < -0.4 is 9.64 Å². The third kappa shape index (κ3) is 4.57. The normalized spacial score (nSPS) is 18.9. The number of hydrogen-bond acceptors (Lipinski definition) is 6. The zero-order valence-corrected chi connectivity index (χ0v) is 15.9. The monoisotopic (exact) mass is 392 g/mol. The van der Waals surface area contributed by atoms with Gasteiger partial charge in [0, 0.05) is 38.6 Å². The van der Waals surface area contributed by atoms with Crippen LogP contribution in [0.5, 0.6) is 5.88 Å². The molecule has 2 aromatic rings. The largest absolute Gasteiger partial charge is 0.476 e. The lowest BCUT2D eigenvalue weighted by Crippen LogP contribution is -2.46. The van der Waals surface area contributed by atoms with Crippen LogP contribution in [-0.4, -0.2) is 57.2 Å². The summed E-state index contributed by atoms with van der Waals surface area (Å²) in [6, 6.07) is 0. The number of alkyl halides is 2. The number of anilines is 1. The summed E-state index contributed by atoms with van der Waals surface area (Å²) in [5, 5.41) is 0. The number of hydrogen-bond donors (Lipinski definition) is 0. The van der Waals surface area contributed by atoms with Crippen molar-refractivity contribution in [2.45, 2.75) is 38.8 Å². The molecule has 28 heavy (non-hydrogen) atoms. The average Bonchev–Trinajstić information content (AvgIpc) is 3.39. The summed E-state index contributed by atoms with van der Waals surface area (Å²) in [6.45, 7) is 1.60. The van der Waals surface area contributed by atoms with Crippen molar-refractivity contribution in [2.24, 2.45) is 5.92 Å². The smallest absolute Gasteiger partial charge is 0.319 e. The highest BCUT2D eigenvalue weighted by atomic mass is 19.3. The topological polar surface area (TPSA) is 59.3 Å². The molecule has 2 aliphatic rings. The molecule has 1 saturated carbocycles. The number of nitrogens with zero attached hydrogens (tertiary/aromatic N) is 6. The van der Waals surface area contributed by atoms with Crippen LogP contribution in [0.15, 0.2) is 24.8 Å². The molecule has 152 valence electrons. The highest BCUT2D eigenvalue weighted by Gasteiger charge is 2.22.